The second kappa shape index (κ2) is 4.15. The van der Waals surface area contributed by atoms with E-state index in [-0.39, 0.29) is 6.10 Å². The fraction of sp³-hybridized carbons (Fsp3) is 0.500. The van der Waals surface area contributed by atoms with Gasteiger partial charge in [0.1, 0.15) is 6.10 Å². The van der Waals surface area contributed by atoms with Crippen molar-refractivity contribution in [1.29, 1.82) is 0 Å². The summed E-state index contributed by atoms with van der Waals surface area (Å²) in [5, 5.41) is 0. The lowest BCUT2D eigenvalue weighted by Gasteiger charge is -2.26. The van der Waals surface area contributed by atoms with Crippen LogP contribution in [0.15, 0.2) is 12.1 Å². The molecule has 1 aliphatic rings. The van der Waals surface area contributed by atoms with Gasteiger partial charge >= 0.3 is 0 Å². The predicted molar refractivity (Wildman–Crippen MR) is 53.8 cm³/mol. The highest BCUT2D eigenvalue weighted by Crippen LogP contribution is 2.17. The number of rotatable bonds is 3. The van der Waals surface area contributed by atoms with Crippen molar-refractivity contribution in [3.63, 3.8) is 0 Å². The van der Waals surface area contributed by atoms with Crippen molar-refractivity contribution in [2.75, 3.05) is 13.2 Å². The number of pyridine rings is 1. The maximum Gasteiger partial charge on any atom is 0.214 e. The highest BCUT2D eigenvalue weighted by Gasteiger charge is 2.20. The minimum Gasteiger partial charge on any atom is -0.469 e. The number of halogens is 1. The third-order valence-corrected chi connectivity index (χ3v) is 2.35. The van der Waals surface area contributed by atoms with Gasteiger partial charge in [0, 0.05) is 17.6 Å². The van der Waals surface area contributed by atoms with Crippen molar-refractivity contribution in [3.05, 3.63) is 23.4 Å². The summed E-state index contributed by atoms with van der Waals surface area (Å²) in [6, 6.07) is 3.83. The van der Waals surface area contributed by atoms with Crippen molar-refractivity contribution in [3.8, 4) is 5.88 Å². The zero-order chi connectivity index (χ0) is 9.97. The Bertz CT molecular complexity index is 326. The average Bonchev–Trinajstić information content (AvgIpc) is 2.10. The molecule has 2 rings (SSSR count). The van der Waals surface area contributed by atoms with Crippen LogP contribution in [-0.2, 0) is 10.6 Å². The van der Waals surface area contributed by atoms with Crippen LogP contribution < -0.4 is 4.74 Å². The van der Waals surface area contributed by atoms with Gasteiger partial charge < -0.3 is 9.47 Å². The number of hydrogen-bond acceptors (Lipinski definition) is 3. The molecule has 0 bridgehead atoms. The molecular weight excluding hydrogens is 202 g/mol. The first kappa shape index (κ1) is 9.74. The highest BCUT2D eigenvalue weighted by atomic mass is 35.5. The third kappa shape index (κ3) is 2.16. The molecule has 0 amide bonds. The molecule has 0 radical (unpaired) electrons. The summed E-state index contributed by atoms with van der Waals surface area (Å²) in [5.41, 5.74) is 1.97. The Morgan fingerprint density at radius 3 is 2.93 bits per heavy atom. The Morgan fingerprint density at radius 1 is 1.57 bits per heavy atom. The van der Waals surface area contributed by atoms with Gasteiger partial charge in [0.05, 0.1) is 13.2 Å². The van der Waals surface area contributed by atoms with Crippen molar-refractivity contribution >= 4 is 11.6 Å². The van der Waals surface area contributed by atoms with E-state index in [1.807, 2.05) is 19.1 Å². The molecule has 0 spiro atoms. The van der Waals surface area contributed by atoms with Crippen molar-refractivity contribution < 1.29 is 9.47 Å². The van der Waals surface area contributed by atoms with E-state index in [1.165, 1.54) is 0 Å². The Hall–Kier alpha value is -0.800. The Kier molecular flexibility index (Phi) is 2.89. The van der Waals surface area contributed by atoms with E-state index in [1.54, 1.807) is 0 Å². The monoisotopic (exact) mass is 213 g/mol. The molecule has 4 heteroatoms. The quantitative estimate of drug-likeness (QED) is 0.719. The highest BCUT2D eigenvalue weighted by molar-refractivity contribution is 6.17. The van der Waals surface area contributed by atoms with Gasteiger partial charge in [-0.25, -0.2) is 4.98 Å². The minimum absolute atomic E-state index is 0.160. The summed E-state index contributed by atoms with van der Waals surface area (Å²) in [6.07, 6.45) is 0.160. The second-order valence-corrected chi connectivity index (χ2v) is 3.63. The number of aryl methyl sites for hydroxylation is 1. The van der Waals surface area contributed by atoms with E-state index in [4.69, 9.17) is 21.1 Å². The minimum atomic E-state index is 0.160. The fourth-order valence-corrected chi connectivity index (χ4v) is 1.45. The molecule has 1 aromatic rings. The van der Waals surface area contributed by atoms with Crippen molar-refractivity contribution in [2.24, 2.45) is 0 Å². The van der Waals surface area contributed by atoms with Gasteiger partial charge in [0.15, 0.2) is 0 Å². The smallest absolute Gasteiger partial charge is 0.214 e. The molecule has 3 nitrogen and oxygen atoms in total. The van der Waals surface area contributed by atoms with Gasteiger partial charge in [-0.3, -0.25) is 0 Å². The largest absolute Gasteiger partial charge is 0.469 e. The van der Waals surface area contributed by atoms with Crippen molar-refractivity contribution in [2.45, 2.75) is 18.9 Å². The molecule has 1 saturated heterocycles. The van der Waals surface area contributed by atoms with Crippen LogP contribution in [0.25, 0.3) is 0 Å². The topological polar surface area (TPSA) is 31.4 Å². The number of hydrogen-bond donors (Lipinski definition) is 0. The van der Waals surface area contributed by atoms with E-state index in [0.717, 1.165) is 11.3 Å². The van der Waals surface area contributed by atoms with E-state index in [2.05, 4.69) is 4.98 Å². The van der Waals surface area contributed by atoms with Crippen LogP contribution in [0, 0.1) is 6.92 Å². The number of alkyl halides is 1. The van der Waals surface area contributed by atoms with Crippen LogP contribution in [0.1, 0.15) is 11.3 Å². The fourth-order valence-electron chi connectivity index (χ4n) is 1.30. The van der Waals surface area contributed by atoms with Crippen LogP contribution in [0.4, 0.5) is 0 Å². The van der Waals surface area contributed by atoms with Gasteiger partial charge in [0.25, 0.3) is 0 Å². The SMILES string of the molecule is Cc1cc(CCl)cc(OC2COC2)n1. The molecule has 0 saturated carbocycles. The molecule has 0 N–H and O–H groups in total. The number of nitrogens with zero attached hydrogens (tertiary/aromatic N) is 1. The lowest BCUT2D eigenvalue weighted by atomic mass is 10.2. The van der Waals surface area contributed by atoms with Crippen molar-refractivity contribution in [1.82, 2.24) is 4.98 Å². The van der Waals surface area contributed by atoms with E-state index in [9.17, 15) is 0 Å². The normalized spacial score (nSPS) is 16.4. The first-order valence-electron chi connectivity index (χ1n) is 4.56. The first-order chi connectivity index (χ1) is 6.78. The number of aromatic nitrogens is 1. The standard InChI is InChI=1S/C10H12ClNO2/c1-7-2-8(4-11)3-10(12-7)14-9-5-13-6-9/h2-3,9H,4-6H2,1H3. The molecule has 0 atom stereocenters. The van der Waals surface area contributed by atoms with E-state index in [0.29, 0.717) is 25.0 Å². The Morgan fingerprint density at radius 2 is 2.36 bits per heavy atom. The lowest BCUT2D eigenvalue weighted by molar-refractivity contribution is -0.0813. The van der Waals surface area contributed by atoms with Gasteiger partial charge in [0.2, 0.25) is 5.88 Å². The summed E-state index contributed by atoms with van der Waals surface area (Å²) >= 11 is 5.75. The summed E-state index contributed by atoms with van der Waals surface area (Å²) in [6.45, 7) is 3.25. The molecule has 0 aliphatic carbocycles. The maximum absolute atomic E-state index is 5.75. The van der Waals surface area contributed by atoms with Crippen LogP contribution in [0.2, 0.25) is 0 Å². The maximum atomic E-state index is 5.75. The second-order valence-electron chi connectivity index (χ2n) is 3.37. The summed E-state index contributed by atoms with van der Waals surface area (Å²) in [4.78, 5) is 4.27. The van der Waals surface area contributed by atoms with Crippen LogP contribution in [0.3, 0.4) is 0 Å². The van der Waals surface area contributed by atoms with Crippen LogP contribution in [0.5, 0.6) is 5.88 Å². The Labute approximate surface area is 88.0 Å². The molecule has 0 unspecified atom stereocenters. The van der Waals surface area contributed by atoms with Crippen LogP contribution in [-0.4, -0.2) is 24.3 Å². The summed E-state index contributed by atoms with van der Waals surface area (Å²) in [5.74, 6) is 1.13. The molecule has 76 valence electrons. The summed E-state index contributed by atoms with van der Waals surface area (Å²) < 4.78 is 10.6. The number of ether oxygens (including phenoxy) is 2. The summed E-state index contributed by atoms with van der Waals surface area (Å²) in [7, 11) is 0. The molecular formula is C10H12ClNO2. The average molecular weight is 214 g/mol. The van der Waals surface area contributed by atoms with Gasteiger partial charge in [-0.2, -0.15) is 0 Å². The molecule has 14 heavy (non-hydrogen) atoms. The first-order valence-corrected chi connectivity index (χ1v) is 5.09. The van der Waals surface area contributed by atoms with Gasteiger partial charge in [-0.05, 0) is 18.6 Å². The molecule has 0 aromatic carbocycles. The molecule has 1 aliphatic heterocycles. The van der Waals surface area contributed by atoms with Gasteiger partial charge in [-0.1, -0.05) is 0 Å². The molecule has 2 heterocycles. The zero-order valence-corrected chi connectivity index (χ0v) is 8.75. The van der Waals surface area contributed by atoms with Crippen LogP contribution >= 0.6 is 11.6 Å². The predicted octanol–water partition coefficient (Wildman–Crippen LogP) is 1.91. The van der Waals surface area contributed by atoms with E-state index >= 15 is 0 Å². The van der Waals surface area contributed by atoms with E-state index < -0.39 is 0 Å². The molecule has 1 fully saturated rings. The van der Waals surface area contributed by atoms with Gasteiger partial charge in [-0.15, -0.1) is 11.6 Å². The Balaban J connectivity index is 2.11. The third-order valence-electron chi connectivity index (χ3n) is 2.04. The zero-order valence-electron chi connectivity index (χ0n) is 8.00. The molecule has 1 aromatic heterocycles. The lowest BCUT2D eigenvalue weighted by Crippen LogP contribution is -2.38.